The fraction of sp³-hybridized carbons (Fsp3) is 0.865. The van der Waals surface area contributed by atoms with Gasteiger partial charge in [0.05, 0.1) is 39.9 Å². The van der Waals surface area contributed by atoms with E-state index >= 15 is 0 Å². The predicted octanol–water partition coefficient (Wildman–Crippen LogP) is 14.4. The van der Waals surface area contributed by atoms with Crippen LogP contribution in [-0.2, 0) is 18.4 Å². The number of allylic oxidation sites excluding steroid dienone is 5. The summed E-state index contributed by atoms with van der Waals surface area (Å²) in [6, 6.07) is -0.899. The van der Waals surface area contributed by atoms with Crippen molar-refractivity contribution in [1.29, 1.82) is 0 Å². The monoisotopic (exact) mass is 881 g/mol. The van der Waals surface area contributed by atoms with Gasteiger partial charge in [0, 0.05) is 6.42 Å². The molecule has 0 heterocycles. The fourth-order valence-electron chi connectivity index (χ4n) is 7.46. The number of nitrogens with zero attached hydrogens (tertiary/aromatic N) is 1. The minimum absolute atomic E-state index is 0.00565. The molecule has 0 rings (SSSR count). The van der Waals surface area contributed by atoms with Crippen LogP contribution in [0.15, 0.2) is 36.5 Å². The zero-order valence-corrected chi connectivity index (χ0v) is 41.8. The largest absolute Gasteiger partial charge is 0.756 e. The molecule has 8 nitrogen and oxygen atoms in total. The highest BCUT2D eigenvalue weighted by molar-refractivity contribution is 7.45. The molecule has 0 saturated heterocycles. The van der Waals surface area contributed by atoms with E-state index in [2.05, 4.69) is 43.5 Å². The third kappa shape index (κ3) is 46.5. The first kappa shape index (κ1) is 59.7. The number of amides is 1. The van der Waals surface area contributed by atoms with Crippen LogP contribution >= 0.6 is 7.82 Å². The highest BCUT2D eigenvalue weighted by Gasteiger charge is 2.23. The summed E-state index contributed by atoms with van der Waals surface area (Å²) in [7, 11) is 1.25. The molecule has 9 heteroatoms. The number of phosphoric ester groups is 1. The van der Waals surface area contributed by atoms with E-state index < -0.39 is 26.6 Å². The minimum atomic E-state index is -4.59. The van der Waals surface area contributed by atoms with E-state index in [0.29, 0.717) is 17.4 Å². The maximum absolute atomic E-state index is 12.9. The lowest BCUT2D eigenvalue weighted by molar-refractivity contribution is -0.870. The number of carbonyl (C=O) groups is 1. The van der Waals surface area contributed by atoms with Crippen LogP contribution in [0.5, 0.6) is 0 Å². The van der Waals surface area contributed by atoms with Crippen LogP contribution < -0.4 is 10.2 Å². The number of aliphatic hydroxyl groups excluding tert-OH is 1. The molecule has 0 aromatic rings. The summed E-state index contributed by atoms with van der Waals surface area (Å²) in [5.74, 6) is -0.207. The highest BCUT2D eigenvalue weighted by atomic mass is 31.2. The van der Waals surface area contributed by atoms with Gasteiger partial charge >= 0.3 is 0 Å². The van der Waals surface area contributed by atoms with E-state index in [-0.39, 0.29) is 12.5 Å². The second-order valence-electron chi connectivity index (χ2n) is 18.9. The van der Waals surface area contributed by atoms with Gasteiger partial charge < -0.3 is 28.8 Å². The van der Waals surface area contributed by atoms with Crippen molar-refractivity contribution >= 4 is 13.7 Å². The Bertz CT molecular complexity index is 1090. The molecule has 0 spiro atoms. The first-order valence-corrected chi connectivity index (χ1v) is 27.3. The van der Waals surface area contributed by atoms with Crippen molar-refractivity contribution in [3.8, 4) is 0 Å². The van der Waals surface area contributed by atoms with Crippen molar-refractivity contribution in [2.24, 2.45) is 0 Å². The molecule has 360 valence electrons. The SMILES string of the molecule is CCCCCC/C=C/CC/C=C/C(O)C(COP(=O)([O-])OCC[N+](C)(C)C)NC(=O)CCCCCCCCCCCCCCCCCCC/C=C\CCCCCCCCCC. The standard InChI is InChI=1S/C52H101N2O6P/c1-6-8-10-12-14-16-18-19-20-21-22-23-24-25-26-27-28-29-30-31-32-33-34-35-36-38-40-42-44-46-52(56)53-50(49-60-61(57,58)59-48-47-54(3,4)5)51(55)45-43-41-39-37-17-15-13-11-9-7-2/h17,21-22,37,43,45,50-51,55H,6-16,18-20,23-36,38-42,44,46-49H2,1-5H3,(H-,53,56,57,58)/b22-21-,37-17+,45-43+. The molecule has 2 N–H and O–H groups in total. The molecule has 61 heavy (non-hydrogen) atoms. The van der Waals surface area contributed by atoms with Crippen molar-refractivity contribution in [2.75, 3.05) is 40.9 Å². The Hall–Kier alpha value is -1.28. The number of phosphoric acid groups is 1. The third-order valence-corrected chi connectivity index (χ3v) is 12.5. The molecule has 0 aromatic heterocycles. The van der Waals surface area contributed by atoms with Crippen LogP contribution in [0.2, 0.25) is 0 Å². The fourth-order valence-corrected chi connectivity index (χ4v) is 8.18. The van der Waals surface area contributed by atoms with Gasteiger partial charge in [0.1, 0.15) is 13.2 Å². The van der Waals surface area contributed by atoms with E-state index in [1.807, 2.05) is 27.2 Å². The Morgan fingerprint density at radius 3 is 1.34 bits per heavy atom. The Morgan fingerprint density at radius 2 is 0.918 bits per heavy atom. The summed E-state index contributed by atoms with van der Waals surface area (Å²) in [5, 5.41) is 13.7. The molecule has 0 aliphatic rings. The van der Waals surface area contributed by atoms with Crippen LogP contribution in [-0.4, -0.2) is 68.5 Å². The average molecular weight is 881 g/mol. The number of hydrogen-bond donors (Lipinski definition) is 2. The molecular formula is C52H101N2O6P. The van der Waals surface area contributed by atoms with Crippen LogP contribution in [0.4, 0.5) is 0 Å². The van der Waals surface area contributed by atoms with E-state index in [9.17, 15) is 19.4 Å². The average Bonchev–Trinajstić information content (AvgIpc) is 3.21. The molecular weight excluding hydrogens is 780 g/mol. The number of carbonyl (C=O) groups excluding carboxylic acids is 1. The molecule has 0 aliphatic carbocycles. The van der Waals surface area contributed by atoms with Gasteiger partial charge in [0.15, 0.2) is 0 Å². The summed E-state index contributed by atoms with van der Waals surface area (Å²) in [4.78, 5) is 25.3. The molecule has 0 aliphatic heterocycles. The number of likely N-dealkylation sites (N-methyl/N-ethyl adjacent to an activating group) is 1. The maximum atomic E-state index is 12.9. The molecule has 0 bridgehead atoms. The number of unbranched alkanes of at least 4 members (excludes halogenated alkanes) is 30. The van der Waals surface area contributed by atoms with Gasteiger partial charge in [-0.3, -0.25) is 9.36 Å². The van der Waals surface area contributed by atoms with Crippen molar-refractivity contribution in [2.45, 2.75) is 251 Å². The van der Waals surface area contributed by atoms with Crippen LogP contribution in [0.25, 0.3) is 0 Å². The number of aliphatic hydroxyl groups is 1. The van der Waals surface area contributed by atoms with Crippen molar-refractivity contribution in [1.82, 2.24) is 5.32 Å². The first-order valence-electron chi connectivity index (χ1n) is 25.9. The second kappa shape index (κ2) is 43.9. The topological polar surface area (TPSA) is 108 Å². The Labute approximate surface area is 378 Å². The third-order valence-electron chi connectivity index (χ3n) is 11.6. The smallest absolute Gasteiger partial charge is 0.268 e. The number of nitrogens with one attached hydrogen (secondary N) is 1. The lowest BCUT2D eigenvalue weighted by atomic mass is 10.0. The number of quaternary nitrogens is 1. The minimum Gasteiger partial charge on any atom is -0.756 e. The molecule has 3 unspecified atom stereocenters. The van der Waals surface area contributed by atoms with Crippen molar-refractivity contribution in [3.05, 3.63) is 36.5 Å². The van der Waals surface area contributed by atoms with Gasteiger partial charge in [0.25, 0.3) is 7.82 Å². The summed E-state index contributed by atoms with van der Waals surface area (Å²) < 4.78 is 23.2. The second-order valence-corrected chi connectivity index (χ2v) is 20.3. The van der Waals surface area contributed by atoms with Gasteiger partial charge in [-0.1, -0.05) is 211 Å². The van der Waals surface area contributed by atoms with Gasteiger partial charge in [-0.15, -0.1) is 0 Å². The lowest BCUT2D eigenvalue weighted by Gasteiger charge is -2.29. The van der Waals surface area contributed by atoms with Crippen molar-refractivity contribution < 1.29 is 32.9 Å². The van der Waals surface area contributed by atoms with Crippen molar-refractivity contribution in [3.63, 3.8) is 0 Å². The summed E-state index contributed by atoms with van der Waals surface area (Å²) in [6.45, 7) is 4.60. The Kier molecular flexibility index (Phi) is 43.0. The van der Waals surface area contributed by atoms with Gasteiger partial charge in [-0.05, 0) is 57.8 Å². The quantitative estimate of drug-likeness (QED) is 0.0273. The van der Waals surface area contributed by atoms with Crippen LogP contribution in [0.3, 0.4) is 0 Å². The maximum Gasteiger partial charge on any atom is 0.268 e. The van der Waals surface area contributed by atoms with Crippen LogP contribution in [0.1, 0.15) is 239 Å². The highest BCUT2D eigenvalue weighted by Crippen LogP contribution is 2.38. The first-order chi connectivity index (χ1) is 29.5. The molecule has 0 radical (unpaired) electrons. The molecule has 0 fully saturated rings. The molecule has 3 atom stereocenters. The van der Waals surface area contributed by atoms with Gasteiger partial charge in [-0.25, -0.2) is 0 Å². The van der Waals surface area contributed by atoms with Crippen LogP contribution in [0, 0.1) is 0 Å². The lowest BCUT2D eigenvalue weighted by Crippen LogP contribution is -2.45. The normalized spacial score (nSPS) is 14.4. The number of rotatable bonds is 47. The van der Waals surface area contributed by atoms with E-state index in [1.165, 1.54) is 180 Å². The predicted molar refractivity (Wildman–Crippen MR) is 261 cm³/mol. The summed E-state index contributed by atoms with van der Waals surface area (Å²) >= 11 is 0. The Morgan fingerprint density at radius 1 is 0.557 bits per heavy atom. The summed E-state index contributed by atoms with van der Waals surface area (Å²) in [5.41, 5.74) is 0. The Balaban J connectivity index is 4.04. The van der Waals surface area contributed by atoms with E-state index in [1.54, 1.807) is 6.08 Å². The summed E-state index contributed by atoms with van der Waals surface area (Å²) in [6.07, 6.45) is 55.2. The van der Waals surface area contributed by atoms with Gasteiger partial charge in [-0.2, -0.15) is 0 Å². The molecule has 0 aromatic carbocycles. The zero-order chi connectivity index (χ0) is 45.0. The molecule has 1 amide bonds. The zero-order valence-electron chi connectivity index (χ0n) is 40.9. The molecule has 0 saturated carbocycles. The van der Waals surface area contributed by atoms with Gasteiger partial charge in [0.2, 0.25) is 5.91 Å². The number of hydrogen-bond acceptors (Lipinski definition) is 6. The van der Waals surface area contributed by atoms with E-state index in [0.717, 1.165) is 38.5 Å². The van der Waals surface area contributed by atoms with E-state index in [4.69, 9.17) is 9.05 Å².